The maximum Gasteiger partial charge on any atom is 0.251 e. The third-order valence-electron chi connectivity index (χ3n) is 3.86. The lowest BCUT2D eigenvalue weighted by Crippen LogP contribution is -2.28. The molecule has 1 heterocycles. The zero-order valence-electron chi connectivity index (χ0n) is 11.5. The first kappa shape index (κ1) is 13.2. The molecule has 2 N–H and O–H groups in total. The van der Waals surface area contributed by atoms with E-state index in [0.29, 0.717) is 24.8 Å². The first-order chi connectivity index (χ1) is 9.83. The van der Waals surface area contributed by atoms with E-state index in [4.69, 9.17) is 4.74 Å². The molecule has 0 aliphatic heterocycles. The normalized spacial score (nSPS) is 15.8. The molecule has 3 rings (SSSR count). The van der Waals surface area contributed by atoms with Gasteiger partial charge in [-0.3, -0.25) is 4.79 Å². The number of hydrogen-bond donors (Lipinski definition) is 2. The van der Waals surface area contributed by atoms with E-state index in [1.165, 1.54) is 12.8 Å². The fraction of sp³-hybridized carbons (Fsp3) is 0.438. The van der Waals surface area contributed by atoms with Gasteiger partial charge < -0.3 is 15.0 Å². The number of ether oxygens (including phenoxy) is 1. The molecule has 1 aromatic heterocycles. The molecule has 0 bridgehead atoms. The van der Waals surface area contributed by atoms with E-state index in [2.05, 4.69) is 10.3 Å². The topological polar surface area (TPSA) is 54.1 Å². The number of amides is 1. The van der Waals surface area contributed by atoms with Gasteiger partial charge in [-0.05, 0) is 37.1 Å². The summed E-state index contributed by atoms with van der Waals surface area (Å²) >= 11 is 0. The van der Waals surface area contributed by atoms with E-state index in [1.54, 1.807) is 0 Å². The summed E-state index contributed by atoms with van der Waals surface area (Å²) in [7, 11) is 0. The van der Waals surface area contributed by atoms with Crippen LogP contribution >= 0.6 is 0 Å². The van der Waals surface area contributed by atoms with E-state index < -0.39 is 0 Å². The number of fused-ring (bicyclic) bond motifs is 1. The number of aromatic amines is 1. The number of nitrogens with one attached hydrogen (secondary N) is 2. The summed E-state index contributed by atoms with van der Waals surface area (Å²) in [6.07, 6.45) is 7.16. The average molecular weight is 272 g/mol. The molecule has 0 spiro atoms. The smallest absolute Gasteiger partial charge is 0.251 e. The molecular formula is C16H20N2O2. The molecule has 0 atom stereocenters. The van der Waals surface area contributed by atoms with Crippen LogP contribution in [0.3, 0.4) is 0 Å². The fourth-order valence-corrected chi connectivity index (χ4v) is 2.74. The van der Waals surface area contributed by atoms with Crippen LogP contribution in [-0.2, 0) is 4.74 Å². The Hall–Kier alpha value is -1.81. The highest BCUT2D eigenvalue weighted by Gasteiger charge is 2.15. The number of aromatic nitrogens is 1. The van der Waals surface area contributed by atoms with Gasteiger partial charge in [0.25, 0.3) is 5.91 Å². The van der Waals surface area contributed by atoms with Crippen LogP contribution in [-0.4, -0.2) is 30.1 Å². The van der Waals surface area contributed by atoms with Crippen molar-refractivity contribution in [2.75, 3.05) is 13.2 Å². The van der Waals surface area contributed by atoms with E-state index in [9.17, 15) is 4.79 Å². The average Bonchev–Trinajstić information content (AvgIpc) is 3.13. The molecule has 106 valence electrons. The Bertz CT molecular complexity index is 585. The second-order valence-electron chi connectivity index (χ2n) is 5.31. The Labute approximate surface area is 118 Å². The summed E-state index contributed by atoms with van der Waals surface area (Å²) in [5.41, 5.74) is 1.74. The van der Waals surface area contributed by atoms with Crippen molar-refractivity contribution in [3.8, 4) is 0 Å². The molecule has 20 heavy (non-hydrogen) atoms. The van der Waals surface area contributed by atoms with Crippen LogP contribution in [0.1, 0.15) is 36.0 Å². The van der Waals surface area contributed by atoms with Gasteiger partial charge in [0.2, 0.25) is 0 Å². The third kappa shape index (κ3) is 3.02. The SMILES string of the molecule is O=C(NCCOC1CCCC1)c1ccc2[nH]ccc2c1. The van der Waals surface area contributed by atoms with Gasteiger partial charge in [0.05, 0.1) is 12.7 Å². The second-order valence-corrected chi connectivity index (χ2v) is 5.31. The number of carbonyl (C=O) groups excluding carboxylic acids is 1. The Morgan fingerprint density at radius 2 is 2.15 bits per heavy atom. The molecular weight excluding hydrogens is 252 g/mol. The molecule has 2 aromatic rings. The van der Waals surface area contributed by atoms with E-state index in [1.807, 2.05) is 30.5 Å². The highest BCUT2D eigenvalue weighted by atomic mass is 16.5. The number of rotatable bonds is 5. The molecule has 0 radical (unpaired) electrons. The summed E-state index contributed by atoms with van der Waals surface area (Å²) in [5, 5.41) is 3.96. The number of hydrogen-bond acceptors (Lipinski definition) is 2. The van der Waals surface area contributed by atoms with Crippen molar-refractivity contribution in [3.63, 3.8) is 0 Å². The Kier molecular flexibility index (Phi) is 4.02. The minimum absolute atomic E-state index is 0.0388. The maximum atomic E-state index is 12.0. The monoisotopic (exact) mass is 272 g/mol. The molecule has 1 aliphatic rings. The van der Waals surface area contributed by atoms with Gasteiger partial charge in [0.15, 0.2) is 0 Å². The minimum Gasteiger partial charge on any atom is -0.376 e. The first-order valence-electron chi connectivity index (χ1n) is 7.30. The molecule has 1 aromatic carbocycles. The van der Waals surface area contributed by atoms with Crippen LogP contribution in [0.4, 0.5) is 0 Å². The zero-order chi connectivity index (χ0) is 13.8. The standard InChI is InChI=1S/C16H20N2O2/c19-16(18-9-10-20-14-3-1-2-4-14)13-5-6-15-12(11-13)7-8-17-15/h5-8,11,14,17H,1-4,9-10H2,(H,18,19). The lowest BCUT2D eigenvalue weighted by Gasteiger charge is -2.11. The van der Waals surface area contributed by atoms with Crippen molar-refractivity contribution in [2.45, 2.75) is 31.8 Å². The van der Waals surface area contributed by atoms with Crippen molar-refractivity contribution in [2.24, 2.45) is 0 Å². The van der Waals surface area contributed by atoms with Crippen LogP contribution in [0.25, 0.3) is 10.9 Å². The molecule has 0 saturated heterocycles. The van der Waals surface area contributed by atoms with Crippen molar-refractivity contribution < 1.29 is 9.53 Å². The van der Waals surface area contributed by atoms with E-state index >= 15 is 0 Å². The molecule has 1 fully saturated rings. The Morgan fingerprint density at radius 3 is 3.00 bits per heavy atom. The third-order valence-corrected chi connectivity index (χ3v) is 3.86. The summed E-state index contributed by atoms with van der Waals surface area (Å²) in [5.74, 6) is -0.0388. The van der Waals surface area contributed by atoms with Crippen LogP contribution < -0.4 is 5.32 Å². The summed E-state index contributed by atoms with van der Waals surface area (Å²) in [6.45, 7) is 1.17. The van der Waals surface area contributed by atoms with Gasteiger partial charge in [-0.25, -0.2) is 0 Å². The largest absolute Gasteiger partial charge is 0.376 e. The lowest BCUT2D eigenvalue weighted by molar-refractivity contribution is 0.0582. The van der Waals surface area contributed by atoms with Gasteiger partial charge in [-0.2, -0.15) is 0 Å². The first-order valence-corrected chi connectivity index (χ1v) is 7.30. The van der Waals surface area contributed by atoms with Crippen LogP contribution in [0.15, 0.2) is 30.5 Å². The van der Waals surface area contributed by atoms with Crippen molar-refractivity contribution in [1.82, 2.24) is 10.3 Å². The molecule has 4 nitrogen and oxygen atoms in total. The predicted octanol–water partition coefficient (Wildman–Crippen LogP) is 2.86. The maximum absolute atomic E-state index is 12.0. The van der Waals surface area contributed by atoms with Crippen LogP contribution in [0.2, 0.25) is 0 Å². The van der Waals surface area contributed by atoms with Crippen LogP contribution in [0, 0.1) is 0 Å². The van der Waals surface area contributed by atoms with Gasteiger partial charge in [0, 0.05) is 29.2 Å². The summed E-state index contributed by atoms with van der Waals surface area (Å²) in [4.78, 5) is 15.1. The van der Waals surface area contributed by atoms with E-state index in [-0.39, 0.29) is 5.91 Å². The molecule has 4 heteroatoms. The molecule has 0 unspecified atom stereocenters. The lowest BCUT2D eigenvalue weighted by atomic mass is 10.1. The van der Waals surface area contributed by atoms with Crippen molar-refractivity contribution in [1.29, 1.82) is 0 Å². The minimum atomic E-state index is -0.0388. The number of benzene rings is 1. The van der Waals surface area contributed by atoms with Gasteiger partial charge in [-0.1, -0.05) is 12.8 Å². The quantitative estimate of drug-likeness (QED) is 0.822. The second kappa shape index (κ2) is 6.09. The predicted molar refractivity (Wildman–Crippen MR) is 78.8 cm³/mol. The number of carbonyl (C=O) groups is 1. The van der Waals surface area contributed by atoms with Crippen molar-refractivity contribution >= 4 is 16.8 Å². The van der Waals surface area contributed by atoms with Gasteiger partial charge >= 0.3 is 0 Å². The van der Waals surface area contributed by atoms with Gasteiger partial charge in [-0.15, -0.1) is 0 Å². The molecule has 1 aliphatic carbocycles. The highest BCUT2D eigenvalue weighted by molar-refractivity contribution is 5.98. The van der Waals surface area contributed by atoms with Crippen molar-refractivity contribution in [3.05, 3.63) is 36.0 Å². The summed E-state index contributed by atoms with van der Waals surface area (Å²) < 4.78 is 5.73. The van der Waals surface area contributed by atoms with Crippen LogP contribution in [0.5, 0.6) is 0 Å². The Balaban J connectivity index is 1.48. The van der Waals surface area contributed by atoms with E-state index in [0.717, 1.165) is 23.7 Å². The molecule has 1 saturated carbocycles. The number of H-pyrrole nitrogens is 1. The summed E-state index contributed by atoms with van der Waals surface area (Å²) in [6, 6.07) is 7.64. The fourth-order valence-electron chi connectivity index (χ4n) is 2.74. The molecule has 1 amide bonds. The van der Waals surface area contributed by atoms with Gasteiger partial charge in [0.1, 0.15) is 0 Å². The Morgan fingerprint density at radius 1 is 1.30 bits per heavy atom. The highest BCUT2D eigenvalue weighted by Crippen LogP contribution is 2.20. The zero-order valence-corrected chi connectivity index (χ0v) is 11.5.